The fraction of sp³-hybridized carbons (Fsp3) is 0.387. The number of carbonyl (C=O) groups excluding carboxylic acids is 2. The molecule has 1 aliphatic heterocycles. The summed E-state index contributed by atoms with van der Waals surface area (Å²) in [6.07, 6.45) is 5.46. The number of nitrogens with one attached hydrogen (secondary N) is 1. The summed E-state index contributed by atoms with van der Waals surface area (Å²) in [6.45, 7) is 2.02. The van der Waals surface area contributed by atoms with Crippen molar-refractivity contribution < 1.29 is 23.5 Å². The first-order chi connectivity index (χ1) is 20.9. The summed E-state index contributed by atoms with van der Waals surface area (Å²) < 4.78 is 25.5. The average Bonchev–Trinajstić information content (AvgIpc) is 3.94. The highest BCUT2D eigenvalue weighted by molar-refractivity contribution is 6.43. The number of hydrogen-bond donors (Lipinski definition) is 3. The van der Waals surface area contributed by atoms with Gasteiger partial charge in [0.15, 0.2) is 5.79 Å². The molecule has 13 heteroatoms. The topological polar surface area (TPSA) is 155 Å². The first-order valence-corrected chi connectivity index (χ1v) is 15.0. The maximum Gasteiger partial charge on any atom is 0.251 e. The number of alkyl halides is 1. The summed E-state index contributed by atoms with van der Waals surface area (Å²) in [7, 11) is 1.44. The lowest BCUT2D eigenvalue weighted by Gasteiger charge is -2.22. The van der Waals surface area contributed by atoms with E-state index in [2.05, 4.69) is 15.3 Å². The lowest BCUT2D eigenvalue weighted by molar-refractivity contribution is -0.123. The van der Waals surface area contributed by atoms with Crippen LogP contribution in [0.1, 0.15) is 65.7 Å². The standard InChI is InChI=1S/C31H31Cl2FN6O4/c1-30(29(36)42)14-44-26-20(30)11-21(40-25(26)18-5-8-37-27(33)23(18)32)19(15-3-4-15)13-38-28(41)16-9-17(12-39-31(34)6-7-31)24(35)22(10-16)43-2/h5,8-12,15,19H,3-4,6-7,13-14,35H2,1-2H3,(H2,36,42)(H,38,41)/b39-12+/t19-,30-/m0/s1. The Morgan fingerprint density at radius 1 is 1.30 bits per heavy atom. The van der Waals surface area contributed by atoms with Gasteiger partial charge in [0.25, 0.3) is 5.91 Å². The van der Waals surface area contributed by atoms with Crippen LogP contribution < -0.4 is 26.3 Å². The van der Waals surface area contributed by atoms with E-state index < -0.39 is 17.1 Å². The Kier molecular flexibility index (Phi) is 7.65. The van der Waals surface area contributed by atoms with E-state index in [-0.39, 0.29) is 58.1 Å². The summed E-state index contributed by atoms with van der Waals surface area (Å²) in [5.41, 5.74) is 14.0. The Bertz CT molecular complexity index is 1710. The summed E-state index contributed by atoms with van der Waals surface area (Å²) in [6, 6.07) is 6.62. The van der Waals surface area contributed by atoms with Crippen LogP contribution in [0.4, 0.5) is 10.1 Å². The van der Waals surface area contributed by atoms with E-state index in [0.29, 0.717) is 46.7 Å². The molecule has 0 unspecified atom stereocenters. The molecule has 0 saturated heterocycles. The molecular weight excluding hydrogens is 610 g/mol. The predicted molar refractivity (Wildman–Crippen MR) is 165 cm³/mol. The molecule has 2 aliphatic carbocycles. The van der Waals surface area contributed by atoms with Crippen molar-refractivity contribution in [2.45, 2.75) is 49.7 Å². The maximum absolute atomic E-state index is 14.2. The summed E-state index contributed by atoms with van der Waals surface area (Å²) in [5, 5.41) is 3.32. The van der Waals surface area contributed by atoms with Crippen LogP contribution in [0, 0.1) is 5.92 Å². The van der Waals surface area contributed by atoms with Gasteiger partial charge in [-0.2, -0.15) is 0 Å². The van der Waals surface area contributed by atoms with Gasteiger partial charge in [-0.3, -0.25) is 14.6 Å². The third kappa shape index (κ3) is 5.54. The van der Waals surface area contributed by atoms with Crippen LogP contribution in [0.3, 0.4) is 0 Å². The van der Waals surface area contributed by atoms with E-state index in [1.165, 1.54) is 25.6 Å². The molecule has 3 aromatic rings. The molecule has 2 saturated carbocycles. The van der Waals surface area contributed by atoms with Gasteiger partial charge in [0.2, 0.25) is 5.91 Å². The van der Waals surface area contributed by atoms with Gasteiger partial charge in [-0.15, -0.1) is 0 Å². The molecule has 44 heavy (non-hydrogen) atoms. The number of hydrogen-bond acceptors (Lipinski definition) is 8. The lowest BCUT2D eigenvalue weighted by Crippen LogP contribution is -2.40. The average molecular weight is 642 g/mol. The second kappa shape index (κ2) is 11.2. The third-order valence-electron chi connectivity index (χ3n) is 8.55. The van der Waals surface area contributed by atoms with Crippen LogP contribution in [0.2, 0.25) is 10.2 Å². The number of benzene rings is 1. The van der Waals surface area contributed by atoms with Gasteiger partial charge in [0.1, 0.15) is 34.4 Å². The number of methoxy groups -OCH3 is 1. The Morgan fingerprint density at radius 3 is 2.70 bits per heavy atom. The highest BCUT2D eigenvalue weighted by Gasteiger charge is 2.45. The van der Waals surface area contributed by atoms with E-state index in [4.69, 9.17) is 49.1 Å². The minimum Gasteiger partial charge on any atom is -0.495 e. The van der Waals surface area contributed by atoms with Gasteiger partial charge >= 0.3 is 0 Å². The Labute approximate surface area is 263 Å². The van der Waals surface area contributed by atoms with Gasteiger partial charge < -0.3 is 26.3 Å². The Morgan fingerprint density at radius 2 is 2.05 bits per heavy atom. The highest BCUT2D eigenvalue weighted by Crippen LogP contribution is 2.49. The number of nitrogen functional groups attached to an aromatic ring is 1. The smallest absolute Gasteiger partial charge is 0.251 e. The molecule has 2 fully saturated rings. The first kappa shape index (κ1) is 30.1. The molecule has 1 aromatic carbocycles. The molecule has 2 atom stereocenters. The minimum atomic E-state index is -1.57. The highest BCUT2D eigenvalue weighted by atomic mass is 35.5. The van der Waals surface area contributed by atoms with Crippen molar-refractivity contribution in [2.75, 3.05) is 26.0 Å². The molecular formula is C31H31Cl2FN6O4. The second-order valence-corrected chi connectivity index (χ2v) is 12.5. The SMILES string of the molecule is COc1cc(C(=O)NC[C@H](c2cc3c(c(-c4ccnc(Cl)c4Cl)n2)OC[C@]3(C)C(N)=O)C2CC2)cc(/C=N/C2(F)CC2)c1N. The van der Waals surface area contributed by atoms with Crippen LogP contribution in [0.15, 0.2) is 35.5 Å². The molecule has 6 rings (SSSR count). The number of nitrogens with zero attached hydrogens (tertiary/aromatic N) is 3. The number of halogens is 3. The monoisotopic (exact) mass is 640 g/mol. The van der Waals surface area contributed by atoms with Crippen molar-refractivity contribution >= 4 is 46.9 Å². The van der Waals surface area contributed by atoms with Crippen molar-refractivity contribution in [3.05, 3.63) is 63.0 Å². The van der Waals surface area contributed by atoms with Gasteiger partial charge in [0, 0.05) is 65.7 Å². The molecule has 3 aliphatic rings. The summed E-state index contributed by atoms with van der Waals surface area (Å²) in [5.74, 6) is -1.75. The fourth-order valence-corrected chi connectivity index (χ4v) is 5.73. The zero-order valence-corrected chi connectivity index (χ0v) is 25.6. The zero-order chi connectivity index (χ0) is 31.4. The number of aromatic nitrogens is 2. The molecule has 0 bridgehead atoms. The van der Waals surface area contributed by atoms with Gasteiger partial charge in [-0.1, -0.05) is 23.2 Å². The van der Waals surface area contributed by atoms with Crippen molar-refractivity contribution in [2.24, 2.45) is 16.6 Å². The van der Waals surface area contributed by atoms with Gasteiger partial charge in [-0.25, -0.2) is 14.4 Å². The molecule has 0 spiro atoms. The molecule has 2 amide bonds. The van der Waals surface area contributed by atoms with Gasteiger partial charge in [0.05, 0.1) is 17.8 Å². The second-order valence-electron chi connectivity index (χ2n) is 11.7. The summed E-state index contributed by atoms with van der Waals surface area (Å²) in [4.78, 5) is 39.1. The van der Waals surface area contributed by atoms with Crippen LogP contribution in [-0.2, 0) is 10.2 Å². The Balaban J connectivity index is 1.34. The number of rotatable bonds is 10. The zero-order valence-electron chi connectivity index (χ0n) is 24.1. The largest absolute Gasteiger partial charge is 0.495 e. The molecule has 230 valence electrons. The quantitative estimate of drug-likeness (QED) is 0.122. The lowest BCUT2D eigenvalue weighted by atomic mass is 9.82. The number of amides is 2. The van der Waals surface area contributed by atoms with Crippen molar-refractivity contribution in [1.29, 1.82) is 0 Å². The fourth-order valence-electron chi connectivity index (χ4n) is 5.37. The number of fused-ring (bicyclic) bond motifs is 1. The number of primary amides is 1. The van der Waals surface area contributed by atoms with E-state index in [0.717, 1.165) is 12.8 Å². The van der Waals surface area contributed by atoms with Crippen LogP contribution >= 0.6 is 23.2 Å². The molecule has 5 N–H and O–H groups in total. The Hall–Kier alpha value is -3.96. The number of aliphatic imine (C=N–C) groups is 1. The number of carbonyl (C=O) groups is 2. The molecule has 2 aromatic heterocycles. The number of anilines is 1. The van der Waals surface area contributed by atoms with Crippen LogP contribution in [0.5, 0.6) is 11.5 Å². The van der Waals surface area contributed by atoms with E-state index in [1.54, 1.807) is 19.1 Å². The molecule has 3 heterocycles. The number of ether oxygens (including phenoxy) is 2. The molecule has 10 nitrogen and oxygen atoms in total. The molecule has 0 radical (unpaired) electrons. The number of pyridine rings is 2. The number of nitrogens with two attached hydrogens (primary N) is 2. The normalized spacial score (nSPS) is 20.6. The predicted octanol–water partition coefficient (Wildman–Crippen LogP) is 4.98. The van der Waals surface area contributed by atoms with Crippen molar-refractivity contribution in [1.82, 2.24) is 15.3 Å². The minimum absolute atomic E-state index is 0.0468. The van der Waals surface area contributed by atoms with Crippen LogP contribution in [-0.4, -0.2) is 54.1 Å². The third-order valence-corrected chi connectivity index (χ3v) is 9.31. The van der Waals surface area contributed by atoms with E-state index in [9.17, 15) is 14.0 Å². The van der Waals surface area contributed by atoms with Gasteiger partial charge in [-0.05, 0) is 49.9 Å². The first-order valence-electron chi connectivity index (χ1n) is 14.2. The van der Waals surface area contributed by atoms with E-state index in [1.807, 2.05) is 6.07 Å². The maximum atomic E-state index is 14.2. The van der Waals surface area contributed by atoms with Crippen LogP contribution in [0.25, 0.3) is 11.3 Å². The van der Waals surface area contributed by atoms with E-state index >= 15 is 0 Å². The van der Waals surface area contributed by atoms with Crippen molar-refractivity contribution in [3.8, 4) is 22.8 Å². The summed E-state index contributed by atoms with van der Waals surface area (Å²) >= 11 is 12.8. The van der Waals surface area contributed by atoms with Crippen molar-refractivity contribution in [3.63, 3.8) is 0 Å².